The second-order valence-electron chi connectivity index (χ2n) is 7.67. The highest BCUT2D eigenvalue weighted by molar-refractivity contribution is 6.33. The van der Waals surface area contributed by atoms with Crippen LogP contribution in [-0.2, 0) is 11.0 Å². The summed E-state index contributed by atoms with van der Waals surface area (Å²) >= 11 is 6.15. The van der Waals surface area contributed by atoms with E-state index in [9.17, 15) is 22.8 Å². The number of amides is 2. The molecule has 8 heteroatoms. The highest BCUT2D eigenvalue weighted by Gasteiger charge is 2.41. The van der Waals surface area contributed by atoms with Crippen molar-refractivity contribution in [3.05, 3.63) is 70.2 Å². The third-order valence-electron chi connectivity index (χ3n) is 5.52. The quantitative estimate of drug-likeness (QED) is 0.617. The van der Waals surface area contributed by atoms with E-state index < -0.39 is 23.6 Å². The fourth-order valence-electron chi connectivity index (χ4n) is 3.84. The second-order valence-corrected chi connectivity index (χ2v) is 8.08. The number of unbranched alkanes of at least 4 members (excludes halogenated alkanes) is 1. The van der Waals surface area contributed by atoms with E-state index in [-0.39, 0.29) is 24.9 Å². The molecule has 2 atom stereocenters. The molecule has 1 fully saturated rings. The number of alkyl halides is 3. The highest BCUT2D eigenvalue weighted by Crippen LogP contribution is 2.37. The maximum atomic E-state index is 13.2. The number of hydrogen-bond acceptors (Lipinski definition) is 2. The Morgan fingerprint density at radius 2 is 1.87 bits per heavy atom. The normalized spacial score (nSPS) is 18.8. The fraction of sp³-hybridized carbons (Fsp3) is 0.391. The molecule has 1 aliphatic rings. The van der Waals surface area contributed by atoms with Crippen LogP contribution in [-0.4, -0.2) is 36.3 Å². The van der Waals surface area contributed by atoms with E-state index in [1.54, 1.807) is 30.3 Å². The van der Waals surface area contributed by atoms with E-state index in [1.165, 1.54) is 11.0 Å². The molecule has 2 aromatic carbocycles. The maximum Gasteiger partial charge on any atom is 0.416 e. The van der Waals surface area contributed by atoms with E-state index in [0.29, 0.717) is 22.7 Å². The summed E-state index contributed by atoms with van der Waals surface area (Å²) in [6, 6.07) is 11.6. The van der Waals surface area contributed by atoms with Crippen molar-refractivity contribution < 1.29 is 22.8 Å². The minimum absolute atomic E-state index is 0.114. The van der Waals surface area contributed by atoms with Crippen LogP contribution in [0.25, 0.3) is 0 Å². The third kappa shape index (κ3) is 5.39. The monoisotopic (exact) mass is 452 g/mol. The van der Waals surface area contributed by atoms with Gasteiger partial charge in [0.15, 0.2) is 0 Å². The molecule has 2 amide bonds. The van der Waals surface area contributed by atoms with Crippen LogP contribution in [0, 0.1) is 5.92 Å². The van der Waals surface area contributed by atoms with Crippen LogP contribution in [0.5, 0.6) is 0 Å². The summed E-state index contributed by atoms with van der Waals surface area (Å²) in [6.07, 6.45) is -2.78. The second kappa shape index (κ2) is 9.73. The summed E-state index contributed by atoms with van der Waals surface area (Å²) in [4.78, 5) is 27.4. The lowest BCUT2D eigenvalue weighted by atomic mass is 9.87. The largest absolute Gasteiger partial charge is 0.416 e. The summed E-state index contributed by atoms with van der Waals surface area (Å²) < 4.78 is 39.7. The van der Waals surface area contributed by atoms with Gasteiger partial charge < -0.3 is 10.2 Å². The number of nitrogens with zero attached hydrogens (tertiary/aromatic N) is 1. The molecule has 1 aliphatic heterocycles. The molecule has 2 aromatic rings. The predicted molar refractivity (Wildman–Crippen MR) is 113 cm³/mol. The Kier molecular flexibility index (Phi) is 7.26. The van der Waals surface area contributed by atoms with E-state index >= 15 is 0 Å². The minimum Gasteiger partial charge on any atom is -0.356 e. The molecule has 0 radical (unpaired) electrons. The van der Waals surface area contributed by atoms with Crippen molar-refractivity contribution in [3.8, 4) is 0 Å². The van der Waals surface area contributed by atoms with Gasteiger partial charge in [0.05, 0.1) is 22.1 Å². The Balaban J connectivity index is 1.90. The van der Waals surface area contributed by atoms with Gasteiger partial charge in [-0.15, -0.1) is 0 Å². The van der Waals surface area contributed by atoms with Gasteiger partial charge in [0, 0.05) is 25.6 Å². The molecule has 0 aromatic heterocycles. The smallest absolute Gasteiger partial charge is 0.356 e. The lowest BCUT2D eigenvalue weighted by Gasteiger charge is -2.19. The molecule has 3 rings (SSSR count). The van der Waals surface area contributed by atoms with E-state index in [2.05, 4.69) is 5.32 Å². The zero-order valence-electron chi connectivity index (χ0n) is 17.1. The number of rotatable bonds is 6. The molecule has 1 heterocycles. The first-order chi connectivity index (χ1) is 14.7. The van der Waals surface area contributed by atoms with Gasteiger partial charge in [-0.25, -0.2) is 0 Å². The standard InChI is InChI=1S/C23H24ClF3N2O2/c1-2-3-11-28-21(30)19-14-29(22(31)17-9-4-5-10-20(17)24)13-18(19)15-7-6-8-16(12-15)23(25,26)27/h4-10,12,18-19H,2-3,11,13-14H2,1H3,(H,28,30). The van der Waals surface area contributed by atoms with E-state index in [0.717, 1.165) is 25.0 Å². The molecule has 0 saturated carbocycles. The van der Waals surface area contributed by atoms with Crippen molar-refractivity contribution in [1.82, 2.24) is 10.2 Å². The summed E-state index contributed by atoms with van der Waals surface area (Å²) in [5, 5.41) is 3.15. The van der Waals surface area contributed by atoms with Crippen molar-refractivity contribution in [1.29, 1.82) is 0 Å². The van der Waals surface area contributed by atoms with Crippen LogP contribution in [0.2, 0.25) is 5.02 Å². The molecule has 166 valence electrons. The van der Waals surface area contributed by atoms with Gasteiger partial charge in [0.25, 0.3) is 5.91 Å². The molecular weight excluding hydrogens is 429 g/mol. The number of benzene rings is 2. The summed E-state index contributed by atoms with van der Waals surface area (Å²) in [5.74, 6) is -1.79. The van der Waals surface area contributed by atoms with E-state index in [1.807, 2.05) is 6.92 Å². The molecule has 4 nitrogen and oxygen atoms in total. The first-order valence-corrected chi connectivity index (χ1v) is 10.6. The third-order valence-corrected chi connectivity index (χ3v) is 5.85. The van der Waals surface area contributed by atoms with Crippen LogP contribution >= 0.6 is 11.6 Å². The van der Waals surface area contributed by atoms with Crippen molar-refractivity contribution in [3.63, 3.8) is 0 Å². The predicted octanol–water partition coefficient (Wildman–Crippen LogP) is 5.13. The zero-order valence-corrected chi connectivity index (χ0v) is 17.8. The Morgan fingerprint density at radius 1 is 1.13 bits per heavy atom. The molecule has 0 spiro atoms. The number of carbonyl (C=O) groups is 2. The van der Waals surface area contributed by atoms with Crippen LogP contribution in [0.15, 0.2) is 48.5 Å². The average molecular weight is 453 g/mol. The molecule has 1 saturated heterocycles. The zero-order chi connectivity index (χ0) is 22.6. The fourth-order valence-corrected chi connectivity index (χ4v) is 4.06. The topological polar surface area (TPSA) is 49.4 Å². The number of nitrogens with one attached hydrogen (secondary N) is 1. The Hall–Kier alpha value is -2.54. The van der Waals surface area contributed by atoms with Gasteiger partial charge in [-0.3, -0.25) is 9.59 Å². The maximum absolute atomic E-state index is 13.2. The van der Waals surface area contributed by atoms with Gasteiger partial charge in [-0.2, -0.15) is 13.2 Å². The highest BCUT2D eigenvalue weighted by atomic mass is 35.5. The number of likely N-dealkylation sites (tertiary alicyclic amines) is 1. The van der Waals surface area contributed by atoms with Gasteiger partial charge in [0.1, 0.15) is 0 Å². The summed E-state index contributed by atoms with van der Waals surface area (Å²) in [7, 11) is 0. The van der Waals surface area contributed by atoms with E-state index in [4.69, 9.17) is 11.6 Å². The summed E-state index contributed by atoms with van der Waals surface area (Å²) in [5.41, 5.74) is -0.0788. The minimum atomic E-state index is -4.49. The first-order valence-electron chi connectivity index (χ1n) is 10.2. The SMILES string of the molecule is CCCCNC(=O)C1CN(C(=O)c2ccccc2Cl)CC1c1cccc(C(F)(F)F)c1. The number of carbonyl (C=O) groups excluding carboxylic acids is 2. The molecular formula is C23H24ClF3N2O2. The van der Waals surface area contributed by atoms with Crippen molar-refractivity contribution in [2.75, 3.05) is 19.6 Å². The van der Waals surface area contributed by atoms with Gasteiger partial charge >= 0.3 is 6.18 Å². The van der Waals surface area contributed by atoms with Crippen molar-refractivity contribution in [2.24, 2.45) is 5.92 Å². The molecule has 31 heavy (non-hydrogen) atoms. The van der Waals surface area contributed by atoms with Crippen LogP contribution < -0.4 is 5.32 Å². The van der Waals surface area contributed by atoms with Crippen LogP contribution in [0.4, 0.5) is 13.2 Å². The summed E-state index contributed by atoms with van der Waals surface area (Å²) in [6.45, 7) is 2.73. The first kappa shape index (κ1) is 23.1. The molecule has 1 N–H and O–H groups in total. The Labute approximate surface area is 184 Å². The van der Waals surface area contributed by atoms with Gasteiger partial charge in [-0.05, 0) is 30.2 Å². The van der Waals surface area contributed by atoms with Crippen LogP contribution in [0.1, 0.15) is 47.2 Å². The Bertz CT molecular complexity index is 948. The lowest BCUT2D eigenvalue weighted by Crippen LogP contribution is -2.36. The molecule has 0 aliphatic carbocycles. The molecule has 0 bridgehead atoms. The van der Waals surface area contributed by atoms with Crippen molar-refractivity contribution in [2.45, 2.75) is 31.9 Å². The van der Waals surface area contributed by atoms with Crippen LogP contribution in [0.3, 0.4) is 0 Å². The average Bonchev–Trinajstić information content (AvgIpc) is 3.19. The van der Waals surface area contributed by atoms with Crippen molar-refractivity contribution >= 4 is 23.4 Å². The Morgan fingerprint density at radius 3 is 2.55 bits per heavy atom. The van der Waals surface area contributed by atoms with Gasteiger partial charge in [0.2, 0.25) is 5.91 Å². The lowest BCUT2D eigenvalue weighted by molar-refractivity contribution is -0.137. The number of halogens is 4. The number of hydrogen-bond donors (Lipinski definition) is 1. The van der Waals surface area contributed by atoms with Gasteiger partial charge in [-0.1, -0.05) is 55.3 Å². The molecule has 2 unspecified atom stereocenters.